The number of carbonyl (C=O) groups excluding carboxylic acids is 1. The third kappa shape index (κ3) is 2.47. The molecule has 1 aromatic carbocycles. The molecule has 0 spiro atoms. The summed E-state index contributed by atoms with van der Waals surface area (Å²) in [6.07, 6.45) is 5.99. The van der Waals surface area contributed by atoms with Crippen molar-refractivity contribution in [3.8, 4) is 0 Å². The second-order valence-electron chi connectivity index (χ2n) is 4.38. The molecule has 1 aromatic rings. The smallest absolute Gasteiger partial charge is 0.195 e. The summed E-state index contributed by atoms with van der Waals surface area (Å²) in [6, 6.07) is 1.78. The van der Waals surface area contributed by atoms with E-state index >= 15 is 0 Å². The van der Waals surface area contributed by atoms with E-state index in [1.165, 1.54) is 0 Å². The normalized spacial score (nSPS) is 16.1. The monoisotopic (exact) mass is 254 g/mol. The zero-order chi connectivity index (χ0) is 13.1. The van der Waals surface area contributed by atoms with Gasteiger partial charge in [-0.05, 0) is 43.4 Å². The molecule has 0 aromatic heterocycles. The Balaban J connectivity index is 2.34. The predicted octanol–water partition coefficient (Wildman–Crippen LogP) is 4.18. The van der Waals surface area contributed by atoms with Gasteiger partial charge in [-0.2, -0.15) is 0 Å². The van der Waals surface area contributed by atoms with Crippen LogP contribution in [-0.4, -0.2) is 5.78 Å². The number of benzene rings is 1. The van der Waals surface area contributed by atoms with Crippen molar-refractivity contribution in [1.29, 1.82) is 0 Å². The minimum absolute atomic E-state index is 0.387. The maximum atomic E-state index is 13.5. The van der Waals surface area contributed by atoms with Gasteiger partial charge in [-0.25, -0.2) is 13.2 Å². The number of hydrogen-bond donors (Lipinski definition) is 0. The molecule has 0 atom stereocenters. The second kappa shape index (κ2) is 5.38. The van der Waals surface area contributed by atoms with Crippen LogP contribution in [0.5, 0.6) is 0 Å². The lowest BCUT2D eigenvalue weighted by Gasteiger charge is -2.06. The number of halogens is 3. The first-order valence-electron chi connectivity index (χ1n) is 5.98. The molecule has 0 radical (unpaired) electrons. The predicted molar refractivity (Wildman–Crippen MR) is 61.8 cm³/mol. The Morgan fingerprint density at radius 2 is 1.78 bits per heavy atom. The van der Waals surface area contributed by atoms with Gasteiger partial charge in [-0.15, -0.1) is 0 Å². The summed E-state index contributed by atoms with van der Waals surface area (Å²) >= 11 is 0. The molecule has 0 saturated heterocycles. The first-order chi connectivity index (χ1) is 8.61. The average Bonchev–Trinajstić information content (AvgIpc) is 2.64. The summed E-state index contributed by atoms with van der Waals surface area (Å²) in [7, 11) is 0. The molecule has 0 heterocycles. The number of ketones is 1. The third-order valence-corrected chi connectivity index (χ3v) is 3.11. The van der Waals surface area contributed by atoms with Crippen molar-refractivity contribution in [3.63, 3.8) is 0 Å². The molecule has 2 rings (SSSR count). The van der Waals surface area contributed by atoms with E-state index in [1.807, 2.05) is 0 Å². The van der Waals surface area contributed by atoms with E-state index in [-0.39, 0.29) is 5.56 Å². The molecular weight excluding hydrogens is 241 g/mol. The van der Waals surface area contributed by atoms with Crippen molar-refractivity contribution in [2.24, 2.45) is 0 Å². The van der Waals surface area contributed by atoms with Crippen LogP contribution in [0.1, 0.15) is 42.5 Å². The first-order valence-corrected chi connectivity index (χ1v) is 5.98. The van der Waals surface area contributed by atoms with Gasteiger partial charge in [-0.1, -0.05) is 12.5 Å². The van der Waals surface area contributed by atoms with E-state index in [9.17, 15) is 18.0 Å². The minimum Gasteiger partial charge on any atom is -0.289 e. The van der Waals surface area contributed by atoms with Gasteiger partial charge < -0.3 is 0 Å². The summed E-state index contributed by atoms with van der Waals surface area (Å²) in [4.78, 5) is 12.0. The fraction of sp³-hybridized carbons (Fsp3) is 0.357. The van der Waals surface area contributed by atoms with Crippen molar-refractivity contribution >= 4 is 5.78 Å². The molecule has 4 heteroatoms. The maximum Gasteiger partial charge on any atom is 0.195 e. The van der Waals surface area contributed by atoms with E-state index in [0.29, 0.717) is 12.0 Å². The summed E-state index contributed by atoms with van der Waals surface area (Å²) in [6.45, 7) is 0. The Morgan fingerprint density at radius 3 is 2.56 bits per heavy atom. The quantitative estimate of drug-likeness (QED) is 0.571. The molecule has 1 aliphatic rings. The molecule has 0 fully saturated rings. The van der Waals surface area contributed by atoms with Crippen molar-refractivity contribution < 1.29 is 18.0 Å². The number of carbonyl (C=O) groups is 1. The lowest BCUT2D eigenvalue weighted by Crippen LogP contribution is -2.08. The van der Waals surface area contributed by atoms with E-state index in [2.05, 4.69) is 0 Å². The van der Waals surface area contributed by atoms with Crippen LogP contribution in [0.15, 0.2) is 23.8 Å². The SMILES string of the molecule is O=C(C1=CCCCCC1)c1ccc(F)c(F)c1F. The Hall–Kier alpha value is -1.58. The van der Waals surface area contributed by atoms with E-state index in [4.69, 9.17) is 0 Å². The minimum atomic E-state index is -1.59. The molecular formula is C14H13F3O. The summed E-state index contributed by atoms with van der Waals surface area (Å²) in [5, 5.41) is 0. The van der Waals surface area contributed by atoms with Crippen LogP contribution >= 0.6 is 0 Å². The first kappa shape index (κ1) is 12.9. The van der Waals surface area contributed by atoms with Gasteiger partial charge in [0.25, 0.3) is 0 Å². The number of hydrogen-bond acceptors (Lipinski definition) is 1. The molecule has 96 valence electrons. The summed E-state index contributed by atoms with van der Waals surface area (Å²) < 4.78 is 39.4. The molecule has 0 unspecified atom stereocenters. The van der Waals surface area contributed by atoms with Crippen molar-refractivity contribution in [2.75, 3.05) is 0 Å². The van der Waals surface area contributed by atoms with E-state index in [1.54, 1.807) is 6.08 Å². The van der Waals surface area contributed by atoms with Gasteiger partial charge in [0.2, 0.25) is 0 Å². The van der Waals surface area contributed by atoms with Crippen LogP contribution in [-0.2, 0) is 0 Å². The third-order valence-electron chi connectivity index (χ3n) is 3.11. The number of rotatable bonds is 2. The highest BCUT2D eigenvalue weighted by Gasteiger charge is 2.21. The largest absolute Gasteiger partial charge is 0.289 e. The zero-order valence-electron chi connectivity index (χ0n) is 9.81. The number of Topliss-reactive ketones (excluding diaryl/α,β-unsaturated/α-hetero) is 1. The van der Waals surface area contributed by atoms with E-state index < -0.39 is 23.2 Å². The van der Waals surface area contributed by atoms with Gasteiger partial charge in [-0.3, -0.25) is 4.79 Å². The van der Waals surface area contributed by atoms with Crippen molar-refractivity contribution in [3.05, 3.63) is 46.8 Å². The molecule has 0 saturated carbocycles. The van der Waals surface area contributed by atoms with Crippen LogP contribution in [0.2, 0.25) is 0 Å². The van der Waals surface area contributed by atoms with Crippen LogP contribution < -0.4 is 0 Å². The highest BCUT2D eigenvalue weighted by Crippen LogP contribution is 2.23. The highest BCUT2D eigenvalue weighted by molar-refractivity contribution is 6.08. The molecule has 0 aliphatic heterocycles. The lowest BCUT2D eigenvalue weighted by molar-refractivity contribution is 0.102. The van der Waals surface area contributed by atoms with Crippen molar-refractivity contribution in [2.45, 2.75) is 32.1 Å². The second-order valence-corrected chi connectivity index (χ2v) is 4.38. The van der Waals surface area contributed by atoms with E-state index in [0.717, 1.165) is 37.8 Å². The molecule has 0 amide bonds. The molecule has 0 N–H and O–H groups in total. The van der Waals surface area contributed by atoms with Crippen LogP contribution in [0.25, 0.3) is 0 Å². The Labute approximate surface area is 103 Å². The fourth-order valence-electron chi connectivity index (χ4n) is 2.10. The Bertz CT molecular complexity index is 506. The maximum absolute atomic E-state index is 13.5. The van der Waals surface area contributed by atoms with Crippen LogP contribution in [0, 0.1) is 17.5 Å². The zero-order valence-corrected chi connectivity index (χ0v) is 9.81. The van der Waals surface area contributed by atoms with Crippen molar-refractivity contribution in [1.82, 2.24) is 0 Å². The molecule has 1 aliphatic carbocycles. The van der Waals surface area contributed by atoms with Gasteiger partial charge in [0.05, 0.1) is 5.56 Å². The summed E-state index contributed by atoms with van der Waals surface area (Å²) in [5.74, 6) is -4.80. The van der Waals surface area contributed by atoms with Gasteiger partial charge in [0.1, 0.15) is 0 Å². The molecule has 0 bridgehead atoms. The average molecular weight is 254 g/mol. The fourth-order valence-corrected chi connectivity index (χ4v) is 2.10. The topological polar surface area (TPSA) is 17.1 Å². The highest BCUT2D eigenvalue weighted by atomic mass is 19.2. The lowest BCUT2D eigenvalue weighted by atomic mass is 9.99. The molecule has 18 heavy (non-hydrogen) atoms. The van der Waals surface area contributed by atoms with Gasteiger partial charge in [0, 0.05) is 0 Å². The van der Waals surface area contributed by atoms with Gasteiger partial charge >= 0.3 is 0 Å². The Morgan fingerprint density at radius 1 is 1.00 bits per heavy atom. The van der Waals surface area contributed by atoms with Crippen LogP contribution in [0.3, 0.4) is 0 Å². The molecule has 1 nitrogen and oxygen atoms in total. The summed E-state index contributed by atoms with van der Waals surface area (Å²) in [5.41, 5.74) is 0.111. The standard InChI is InChI=1S/C14H13F3O/c15-11-8-7-10(12(16)13(11)17)14(18)9-5-3-1-2-4-6-9/h5,7-8H,1-4,6H2. The van der Waals surface area contributed by atoms with Gasteiger partial charge in [0.15, 0.2) is 23.2 Å². The Kier molecular flexibility index (Phi) is 3.84. The van der Waals surface area contributed by atoms with Crippen LogP contribution in [0.4, 0.5) is 13.2 Å². The number of allylic oxidation sites excluding steroid dienone is 2.